The second-order valence-electron chi connectivity index (χ2n) is 5.27. The lowest BCUT2D eigenvalue weighted by molar-refractivity contribution is -0.385. The molecule has 0 unspecified atom stereocenters. The molecule has 2 aromatic carbocycles. The van der Waals surface area contributed by atoms with Crippen molar-refractivity contribution in [1.29, 1.82) is 5.26 Å². The maximum Gasteiger partial charge on any atom is 0.344 e. The first-order valence-electron chi connectivity index (χ1n) is 7.47. The molecule has 0 aliphatic carbocycles. The molecule has 0 saturated carbocycles. The summed E-state index contributed by atoms with van der Waals surface area (Å²) in [5, 5.41) is 19.6. The van der Waals surface area contributed by atoms with E-state index in [1.807, 2.05) is 6.07 Å². The summed E-state index contributed by atoms with van der Waals surface area (Å²) in [5.41, 5.74) is 0.798. The number of nitro benzene ring substituents is 1. The van der Waals surface area contributed by atoms with Crippen molar-refractivity contribution in [1.82, 2.24) is 0 Å². The highest BCUT2D eigenvalue weighted by Crippen LogP contribution is 2.19. The summed E-state index contributed by atoms with van der Waals surface area (Å²) in [4.78, 5) is 34.0. The van der Waals surface area contributed by atoms with E-state index >= 15 is 0 Å². The van der Waals surface area contributed by atoms with E-state index in [-0.39, 0.29) is 11.3 Å². The van der Waals surface area contributed by atoms with Gasteiger partial charge in [0, 0.05) is 17.2 Å². The van der Waals surface area contributed by atoms with E-state index in [9.17, 15) is 19.7 Å². The van der Waals surface area contributed by atoms with Crippen LogP contribution in [0.15, 0.2) is 42.5 Å². The summed E-state index contributed by atoms with van der Waals surface area (Å²) in [7, 11) is 0. The second kappa shape index (κ2) is 8.39. The molecule has 0 atom stereocenters. The zero-order chi connectivity index (χ0) is 19.1. The van der Waals surface area contributed by atoms with Crippen molar-refractivity contribution in [3.63, 3.8) is 0 Å². The summed E-state index contributed by atoms with van der Waals surface area (Å²) in [6, 6.07) is 12.1. The molecule has 0 bridgehead atoms. The maximum atomic E-state index is 12.0. The first-order valence-corrected chi connectivity index (χ1v) is 7.47. The molecular weight excluding hydrogens is 340 g/mol. The normalized spacial score (nSPS) is 9.85. The zero-order valence-corrected chi connectivity index (χ0v) is 13.8. The predicted octanol–water partition coefficient (Wildman–Crippen LogP) is 2.58. The Morgan fingerprint density at radius 3 is 2.46 bits per heavy atom. The Labute approximate surface area is 148 Å². The van der Waals surface area contributed by atoms with E-state index in [1.54, 1.807) is 6.92 Å². The third-order valence-electron chi connectivity index (χ3n) is 3.43. The number of nitriles is 1. The van der Waals surface area contributed by atoms with Gasteiger partial charge in [-0.2, -0.15) is 5.26 Å². The Morgan fingerprint density at radius 1 is 1.15 bits per heavy atom. The van der Waals surface area contributed by atoms with Gasteiger partial charge in [-0.15, -0.1) is 0 Å². The van der Waals surface area contributed by atoms with Crippen molar-refractivity contribution < 1.29 is 24.0 Å². The molecule has 8 heteroatoms. The van der Waals surface area contributed by atoms with Gasteiger partial charge in [0.2, 0.25) is 5.78 Å². The predicted molar refractivity (Wildman–Crippen MR) is 89.8 cm³/mol. The minimum Gasteiger partial charge on any atom is -0.482 e. The topological polar surface area (TPSA) is 120 Å². The van der Waals surface area contributed by atoms with Crippen LogP contribution in [0.3, 0.4) is 0 Å². The molecule has 8 nitrogen and oxygen atoms in total. The highest BCUT2D eigenvalue weighted by molar-refractivity contribution is 5.98. The monoisotopic (exact) mass is 354 g/mol. The van der Waals surface area contributed by atoms with Crippen molar-refractivity contribution in [2.75, 3.05) is 13.2 Å². The fraction of sp³-hybridized carbons (Fsp3) is 0.167. The van der Waals surface area contributed by atoms with Gasteiger partial charge in [0.05, 0.1) is 16.6 Å². The Kier molecular flexibility index (Phi) is 6.01. The Hall–Kier alpha value is -3.73. The van der Waals surface area contributed by atoms with E-state index in [1.165, 1.54) is 36.4 Å². The molecule has 0 saturated heterocycles. The third kappa shape index (κ3) is 4.88. The van der Waals surface area contributed by atoms with Crippen LogP contribution in [0, 0.1) is 28.4 Å². The molecule has 0 aliphatic rings. The smallest absolute Gasteiger partial charge is 0.344 e. The second-order valence-corrected chi connectivity index (χ2v) is 5.27. The number of carbonyl (C=O) groups is 2. The van der Waals surface area contributed by atoms with Crippen LogP contribution in [-0.4, -0.2) is 29.9 Å². The van der Waals surface area contributed by atoms with Crippen molar-refractivity contribution in [2.24, 2.45) is 0 Å². The van der Waals surface area contributed by atoms with Gasteiger partial charge >= 0.3 is 5.97 Å². The molecule has 0 aliphatic heterocycles. The summed E-state index contributed by atoms with van der Waals surface area (Å²) < 4.78 is 10.0. The number of benzene rings is 2. The molecular formula is C18H14N2O6. The standard InChI is InChI=1S/C18H14N2O6/c1-12-2-5-14(8-16(12)20(23)24)17(21)10-26-18(22)11-25-15-6-3-13(9-19)4-7-15/h2-8H,10-11H2,1H3. The van der Waals surface area contributed by atoms with Crippen LogP contribution in [-0.2, 0) is 9.53 Å². The minimum absolute atomic E-state index is 0.0862. The molecule has 0 radical (unpaired) electrons. The highest BCUT2D eigenvalue weighted by Gasteiger charge is 2.16. The lowest BCUT2D eigenvalue weighted by Gasteiger charge is -2.07. The molecule has 2 rings (SSSR count). The van der Waals surface area contributed by atoms with E-state index in [4.69, 9.17) is 14.7 Å². The number of nitro groups is 1. The lowest BCUT2D eigenvalue weighted by atomic mass is 10.1. The van der Waals surface area contributed by atoms with E-state index in [0.717, 1.165) is 6.07 Å². The molecule has 0 aromatic heterocycles. The van der Waals surface area contributed by atoms with Gasteiger partial charge in [-0.25, -0.2) is 4.79 Å². The molecule has 0 amide bonds. The minimum atomic E-state index is -0.760. The molecule has 0 fully saturated rings. The number of aryl methyl sites for hydroxylation is 1. The van der Waals surface area contributed by atoms with E-state index in [2.05, 4.69) is 0 Å². The van der Waals surface area contributed by atoms with Gasteiger partial charge in [-0.3, -0.25) is 14.9 Å². The van der Waals surface area contributed by atoms with Gasteiger partial charge in [0.1, 0.15) is 5.75 Å². The number of Topliss-reactive ketones (excluding diaryl/α,β-unsaturated/α-hetero) is 1. The van der Waals surface area contributed by atoms with Crippen molar-refractivity contribution in [3.8, 4) is 11.8 Å². The molecule has 132 valence electrons. The van der Waals surface area contributed by atoms with Crippen LogP contribution in [0.25, 0.3) is 0 Å². The van der Waals surface area contributed by atoms with Gasteiger partial charge in [0.25, 0.3) is 5.69 Å². The molecule has 0 spiro atoms. The average molecular weight is 354 g/mol. The van der Waals surface area contributed by atoms with Gasteiger partial charge in [-0.05, 0) is 31.2 Å². The molecule has 0 heterocycles. The average Bonchev–Trinajstić information content (AvgIpc) is 2.64. The number of esters is 1. The summed E-state index contributed by atoms with van der Waals surface area (Å²) in [5.74, 6) is -0.939. The van der Waals surface area contributed by atoms with Gasteiger partial charge in [0.15, 0.2) is 13.2 Å². The number of ether oxygens (including phenoxy) is 2. The number of hydrogen-bond acceptors (Lipinski definition) is 7. The highest BCUT2D eigenvalue weighted by atomic mass is 16.6. The Bertz CT molecular complexity index is 884. The maximum absolute atomic E-state index is 12.0. The van der Waals surface area contributed by atoms with Crippen molar-refractivity contribution in [2.45, 2.75) is 6.92 Å². The molecule has 26 heavy (non-hydrogen) atoms. The molecule has 2 aromatic rings. The lowest BCUT2D eigenvalue weighted by Crippen LogP contribution is -2.19. The number of carbonyl (C=O) groups excluding carboxylic acids is 2. The van der Waals surface area contributed by atoms with Crippen LogP contribution in [0.2, 0.25) is 0 Å². The first-order chi connectivity index (χ1) is 12.4. The number of rotatable bonds is 7. The summed E-state index contributed by atoms with van der Waals surface area (Å²) >= 11 is 0. The quantitative estimate of drug-likeness (QED) is 0.324. The van der Waals surface area contributed by atoms with Crippen LogP contribution in [0.1, 0.15) is 21.5 Å². The third-order valence-corrected chi connectivity index (χ3v) is 3.43. The fourth-order valence-corrected chi connectivity index (χ4v) is 2.02. The SMILES string of the molecule is Cc1ccc(C(=O)COC(=O)COc2ccc(C#N)cc2)cc1[N+](=O)[O-]. The fourth-order valence-electron chi connectivity index (χ4n) is 2.02. The van der Waals surface area contributed by atoms with E-state index in [0.29, 0.717) is 16.9 Å². The van der Waals surface area contributed by atoms with Crippen LogP contribution in [0.5, 0.6) is 5.75 Å². The van der Waals surface area contributed by atoms with Crippen LogP contribution >= 0.6 is 0 Å². The Balaban J connectivity index is 1.86. The number of nitrogens with zero attached hydrogens (tertiary/aromatic N) is 2. The number of ketones is 1. The van der Waals surface area contributed by atoms with Crippen LogP contribution < -0.4 is 4.74 Å². The van der Waals surface area contributed by atoms with E-state index < -0.39 is 29.9 Å². The molecule has 0 N–H and O–H groups in total. The summed E-state index contributed by atoms with van der Waals surface area (Å²) in [6.45, 7) is 0.607. The van der Waals surface area contributed by atoms with Crippen LogP contribution in [0.4, 0.5) is 5.69 Å². The van der Waals surface area contributed by atoms with Gasteiger partial charge < -0.3 is 9.47 Å². The van der Waals surface area contributed by atoms with Crippen molar-refractivity contribution >= 4 is 17.4 Å². The largest absolute Gasteiger partial charge is 0.482 e. The van der Waals surface area contributed by atoms with Gasteiger partial charge in [-0.1, -0.05) is 12.1 Å². The summed E-state index contributed by atoms with van der Waals surface area (Å²) in [6.07, 6.45) is 0. The zero-order valence-electron chi connectivity index (χ0n) is 13.8. The first kappa shape index (κ1) is 18.6. The Morgan fingerprint density at radius 2 is 1.85 bits per heavy atom. The van der Waals surface area contributed by atoms with Crippen molar-refractivity contribution in [3.05, 3.63) is 69.3 Å². The number of hydrogen-bond donors (Lipinski definition) is 0.